The van der Waals surface area contributed by atoms with Crippen molar-refractivity contribution in [2.24, 2.45) is 0 Å². The maximum Gasteiger partial charge on any atom is 2.00 e. The summed E-state index contributed by atoms with van der Waals surface area (Å²) in [6, 6.07) is 24.4. The third-order valence-corrected chi connectivity index (χ3v) is 4.78. The zero-order valence-electron chi connectivity index (χ0n) is 20.9. The van der Waals surface area contributed by atoms with Gasteiger partial charge in [-0.05, 0) is 41.5 Å². The summed E-state index contributed by atoms with van der Waals surface area (Å²) in [7, 11) is 0. The van der Waals surface area contributed by atoms with Gasteiger partial charge in [-0.25, -0.2) is 5.73 Å². The Bertz CT molecular complexity index is 1340. The molecule has 0 spiro atoms. The molecule has 3 aromatic carbocycles. The Balaban J connectivity index is 0.000000272. The van der Waals surface area contributed by atoms with E-state index < -0.39 is 11.9 Å². The van der Waals surface area contributed by atoms with Crippen molar-refractivity contribution in [2.75, 3.05) is 0 Å². The van der Waals surface area contributed by atoms with E-state index in [0.717, 1.165) is 0 Å². The van der Waals surface area contributed by atoms with Crippen LogP contribution in [0.25, 0.3) is 0 Å². The van der Waals surface area contributed by atoms with Gasteiger partial charge in [-0.2, -0.15) is 12.5 Å². The van der Waals surface area contributed by atoms with E-state index in [-0.39, 0.29) is 37.3 Å². The van der Waals surface area contributed by atoms with Crippen LogP contribution in [-0.4, -0.2) is 38.1 Å². The van der Waals surface area contributed by atoms with Gasteiger partial charge in [0.15, 0.2) is 0 Å². The first-order valence-corrected chi connectivity index (χ1v) is 12.1. The molecule has 0 aromatic heterocycles. The fourth-order valence-electron chi connectivity index (χ4n) is 2.57. The average Bonchev–Trinajstić information content (AvgIpc) is 2.96. The number of carbonyl (C=O) groups excluding carboxylic acids is 2. The Hall–Kier alpha value is -3.88. The van der Waals surface area contributed by atoms with E-state index in [2.05, 4.69) is 17.9 Å². The summed E-state index contributed by atoms with van der Waals surface area (Å²) in [5, 5.41) is 21.2. The number of hydrogen-bond donors (Lipinski definition) is 0. The van der Waals surface area contributed by atoms with Crippen molar-refractivity contribution < 1.29 is 24.5 Å². The second-order valence-corrected chi connectivity index (χ2v) is 8.10. The predicted octanol–water partition coefficient (Wildman–Crippen LogP) is 5.14. The molecule has 2 aliphatic carbocycles. The predicted molar refractivity (Wildman–Crippen MR) is 154 cm³/mol. The van der Waals surface area contributed by atoms with Crippen molar-refractivity contribution in [1.82, 2.24) is 0 Å². The van der Waals surface area contributed by atoms with Gasteiger partial charge in [-0.15, -0.1) is 12.2 Å². The Morgan fingerprint density at radius 3 is 1.80 bits per heavy atom. The fourth-order valence-corrected chi connectivity index (χ4v) is 2.95. The van der Waals surface area contributed by atoms with Crippen molar-refractivity contribution >= 4 is 61.3 Å². The zero-order chi connectivity index (χ0) is 28.3. The molecule has 2 aliphatic rings. The number of hydrogen-bond acceptors (Lipinski definition) is 5. The van der Waals surface area contributed by atoms with Crippen molar-refractivity contribution in [3.05, 3.63) is 178 Å². The van der Waals surface area contributed by atoms with Gasteiger partial charge in [-0.1, -0.05) is 77.8 Å². The fraction of sp³-hybridized carbons (Fsp3) is 0. The Labute approximate surface area is 262 Å². The summed E-state index contributed by atoms with van der Waals surface area (Å²) < 4.78 is 5.47. The van der Waals surface area contributed by atoms with Crippen LogP contribution in [0.1, 0.15) is 20.7 Å². The van der Waals surface area contributed by atoms with Gasteiger partial charge >= 0.3 is 26.2 Å². The van der Waals surface area contributed by atoms with Gasteiger partial charge in [0.05, 0.1) is 35.9 Å². The number of halogens is 2. The number of allylic oxidation sites excluding steroid dienone is 7. The standard InChI is InChI=1S/C12H8O.2C7H5ClO2.C6H5.Bi/c1-3-7-11(8-4-1)13-12-9-5-2-6-10-12;2*8-6-3-1-2-5(4-6)7(9)10;1-2-4-6-5-3-1;/h1-7,9H;2*1-4H,(H,9,10);1-5H;/q;;;;+2/p-2. The largest absolute Gasteiger partial charge is 2.00 e. The number of rotatable bonds is 4. The maximum absolute atomic E-state index is 10.2. The Morgan fingerprint density at radius 2 is 1.45 bits per heavy atom. The molecule has 3 aromatic rings. The molecule has 198 valence electrons. The molecule has 0 saturated carbocycles. The minimum absolute atomic E-state index is 0. The van der Waals surface area contributed by atoms with Crippen LogP contribution >= 0.6 is 23.2 Å². The third-order valence-electron chi connectivity index (χ3n) is 4.31. The van der Waals surface area contributed by atoms with Crippen LogP contribution in [0.15, 0.2) is 139 Å². The van der Waals surface area contributed by atoms with Gasteiger partial charge < -0.3 is 24.5 Å². The normalized spacial score (nSPS) is 11.4. The monoisotopic (exact) mass is 764 g/mol. The zero-order valence-corrected chi connectivity index (χ0v) is 25.9. The Kier molecular flexibility index (Phi) is 17.1. The van der Waals surface area contributed by atoms with Crippen LogP contribution in [0.4, 0.5) is 0 Å². The van der Waals surface area contributed by atoms with Crippen LogP contribution in [-0.2, 0) is 4.74 Å². The maximum atomic E-state index is 10.2. The molecule has 40 heavy (non-hydrogen) atoms. The minimum atomic E-state index is -1.21. The van der Waals surface area contributed by atoms with Crippen LogP contribution in [0.3, 0.4) is 0 Å². The molecule has 0 fully saturated rings. The second-order valence-electron chi connectivity index (χ2n) is 7.23. The molecule has 0 unspecified atom stereocenters. The molecule has 0 N–H and O–H groups in total. The first kappa shape index (κ1) is 34.2. The molecular weight excluding hydrogens is 744 g/mol. The molecule has 0 bridgehead atoms. The van der Waals surface area contributed by atoms with Crippen molar-refractivity contribution in [3.63, 3.8) is 0 Å². The van der Waals surface area contributed by atoms with Gasteiger partial charge in [0, 0.05) is 16.1 Å². The van der Waals surface area contributed by atoms with E-state index in [1.165, 1.54) is 24.3 Å². The van der Waals surface area contributed by atoms with E-state index in [0.29, 0.717) is 21.6 Å². The van der Waals surface area contributed by atoms with Crippen molar-refractivity contribution in [2.45, 2.75) is 0 Å². The van der Waals surface area contributed by atoms with Crippen molar-refractivity contribution in [1.29, 1.82) is 0 Å². The molecule has 8 heteroatoms. The number of benzene rings is 3. The number of aromatic carboxylic acids is 2. The Morgan fingerprint density at radius 1 is 0.850 bits per heavy atom. The summed E-state index contributed by atoms with van der Waals surface area (Å²) in [6.07, 6.45) is 18.0. The molecule has 0 heterocycles. The number of carboxylic acid groups (broad SMARTS) is 2. The van der Waals surface area contributed by atoms with E-state index in [9.17, 15) is 19.8 Å². The van der Waals surface area contributed by atoms with Gasteiger partial charge in [0.1, 0.15) is 6.08 Å². The van der Waals surface area contributed by atoms with E-state index >= 15 is 0 Å². The molecule has 4 radical (unpaired) electrons. The molecule has 0 amide bonds. The van der Waals surface area contributed by atoms with Crippen molar-refractivity contribution in [3.8, 4) is 0 Å². The van der Waals surface area contributed by atoms with E-state index in [4.69, 9.17) is 27.9 Å². The van der Waals surface area contributed by atoms with Gasteiger partial charge in [0.2, 0.25) is 0 Å². The summed E-state index contributed by atoms with van der Waals surface area (Å²) in [5.74, 6) is -0.986. The average molecular weight is 765 g/mol. The van der Waals surface area contributed by atoms with E-state index in [1.54, 1.807) is 24.3 Å². The summed E-state index contributed by atoms with van der Waals surface area (Å²) in [6.45, 7) is 0. The number of carbonyl (C=O) groups is 2. The first-order chi connectivity index (χ1) is 18.8. The van der Waals surface area contributed by atoms with E-state index in [1.807, 2.05) is 79.3 Å². The molecule has 5 rings (SSSR count). The topological polar surface area (TPSA) is 89.5 Å². The minimum Gasteiger partial charge on any atom is -0.545 e. The van der Waals surface area contributed by atoms with Gasteiger partial charge in [0.25, 0.3) is 5.76 Å². The van der Waals surface area contributed by atoms with Crippen LogP contribution in [0.5, 0.6) is 0 Å². The van der Waals surface area contributed by atoms with Crippen LogP contribution < -0.4 is 10.2 Å². The summed E-state index contributed by atoms with van der Waals surface area (Å²) in [4.78, 5) is 20.4. The first-order valence-electron chi connectivity index (χ1n) is 11.3. The van der Waals surface area contributed by atoms with Crippen LogP contribution in [0.2, 0.25) is 10.0 Å². The number of carboxylic acids is 2. The SMILES string of the molecule is C1=C[CH-]C=CC=1OC1=CC=CC=[C+]1.O=C([O-])c1cccc(Cl)c1.O=C([O-])c1cccc(Cl)c1.[Bi+2].[c]1ccccc1. The molecule has 0 aliphatic heterocycles. The third kappa shape index (κ3) is 14.9. The molecule has 0 atom stereocenters. The van der Waals surface area contributed by atoms with Crippen LogP contribution in [0, 0.1) is 18.6 Å². The molecule has 5 nitrogen and oxygen atoms in total. The summed E-state index contributed by atoms with van der Waals surface area (Å²) >= 11 is 11.0. The second kappa shape index (κ2) is 20.1. The smallest absolute Gasteiger partial charge is 0.545 e. The molecule has 0 saturated heterocycles. The number of ether oxygens (including phenoxy) is 1. The van der Waals surface area contributed by atoms with Gasteiger partial charge in [-0.3, -0.25) is 0 Å². The quantitative estimate of drug-likeness (QED) is 0.209. The summed E-state index contributed by atoms with van der Waals surface area (Å²) in [5.41, 5.74) is 3.18. The molecular formula is C32H21BiCl2O5.